The fourth-order valence-electron chi connectivity index (χ4n) is 0.830. The predicted octanol–water partition coefficient (Wildman–Crippen LogP) is 1.77. The molecule has 2 nitrogen and oxygen atoms in total. The Labute approximate surface area is 61.3 Å². The van der Waals surface area contributed by atoms with Gasteiger partial charge in [-0.05, 0) is 18.2 Å². The molecule has 0 amide bonds. The molecule has 0 fully saturated rings. The SMILES string of the molecule is CNc1cccc(NC)c1. The third kappa shape index (κ3) is 1.41. The second-order valence-corrected chi connectivity index (χ2v) is 2.08. The van der Waals surface area contributed by atoms with Crippen molar-refractivity contribution in [3.05, 3.63) is 24.3 Å². The lowest BCUT2D eigenvalue weighted by Crippen LogP contribution is -1.90. The molecule has 2 heteroatoms. The molecule has 0 saturated carbocycles. The molecule has 1 aromatic rings. The summed E-state index contributed by atoms with van der Waals surface area (Å²) < 4.78 is 0. The standard InChI is InChI=1S/C8H12N2/c1-9-7-4-3-5-8(6-7)10-2/h3-6,9-10H,1-2H3. The zero-order valence-electron chi connectivity index (χ0n) is 6.31. The Hall–Kier alpha value is -1.18. The van der Waals surface area contributed by atoms with Gasteiger partial charge in [0.15, 0.2) is 0 Å². The van der Waals surface area contributed by atoms with Crippen molar-refractivity contribution in [2.75, 3.05) is 24.7 Å². The van der Waals surface area contributed by atoms with Gasteiger partial charge in [-0.1, -0.05) is 6.07 Å². The summed E-state index contributed by atoms with van der Waals surface area (Å²) in [6, 6.07) is 8.12. The van der Waals surface area contributed by atoms with E-state index in [1.165, 1.54) is 0 Å². The second kappa shape index (κ2) is 3.11. The molecule has 2 N–H and O–H groups in total. The number of hydrogen-bond acceptors (Lipinski definition) is 2. The Morgan fingerprint density at radius 3 is 1.90 bits per heavy atom. The van der Waals surface area contributed by atoms with E-state index < -0.39 is 0 Å². The number of hydrogen-bond donors (Lipinski definition) is 2. The van der Waals surface area contributed by atoms with Crippen LogP contribution in [0.2, 0.25) is 0 Å². The molecule has 0 aliphatic rings. The Morgan fingerprint density at radius 1 is 1.00 bits per heavy atom. The van der Waals surface area contributed by atoms with Crippen LogP contribution in [0.4, 0.5) is 11.4 Å². The summed E-state index contributed by atoms with van der Waals surface area (Å²) in [5.41, 5.74) is 2.26. The average molecular weight is 136 g/mol. The first-order chi connectivity index (χ1) is 4.86. The van der Waals surface area contributed by atoms with Crippen molar-refractivity contribution in [3.63, 3.8) is 0 Å². The highest BCUT2D eigenvalue weighted by atomic mass is 14.8. The maximum Gasteiger partial charge on any atom is 0.0358 e. The van der Waals surface area contributed by atoms with Gasteiger partial charge in [-0.15, -0.1) is 0 Å². The molecule has 54 valence electrons. The van der Waals surface area contributed by atoms with Gasteiger partial charge in [-0.2, -0.15) is 0 Å². The molecule has 0 heterocycles. The molecule has 1 rings (SSSR count). The van der Waals surface area contributed by atoms with Crippen molar-refractivity contribution in [1.82, 2.24) is 0 Å². The predicted molar refractivity (Wildman–Crippen MR) is 45.5 cm³/mol. The van der Waals surface area contributed by atoms with Crippen LogP contribution >= 0.6 is 0 Å². The Bertz CT molecular complexity index is 189. The summed E-state index contributed by atoms with van der Waals surface area (Å²) >= 11 is 0. The molecule has 0 aromatic heterocycles. The van der Waals surface area contributed by atoms with E-state index in [0.717, 1.165) is 11.4 Å². The van der Waals surface area contributed by atoms with Gasteiger partial charge >= 0.3 is 0 Å². The monoisotopic (exact) mass is 136 g/mol. The van der Waals surface area contributed by atoms with Crippen LogP contribution in [0.5, 0.6) is 0 Å². The van der Waals surface area contributed by atoms with Crippen molar-refractivity contribution in [2.45, 2.75) is 0 Å². The highest BCUT2D eigenvalue weighted by Gasteiger charge is 1.88. The molecule has 0 saturated heterocycles. The van der Waals surface area contributed by atoms with Gasteiger partial charge in [0.25, 0.3) is 0 Å². The van der Waals surface area contributed by atoms with Gasteiger partial charge in [-0.3, -0.25) is 0 Å². The van der Waals surface area contributed by atoms with E-state index in [1.54, 1.807) is 0 Å². The minimum atomic E-state index is 1.13. The van der Waals surface area contributed by atoms with E-state index in [2.05, 4.69) is 16.7 Å². The van der Waals surface area contributed by atoms with Gasteiger partial charge in [0.2, 0.25) is 0 Å². The normalized spacial score (nSPS) is 9.00. The van der Waals surface area contributed by atoms with E-state index in [9.17, 15) is 0 Å². The van der Waals surface area contributed by atoms with Crippen LogP contribution in [0, 0.1) is 0 Å². The average Bonchev–Trinajstić information content (AvgIpc) is 2.05. The Morgan fingerprint density at radius 2 is 1.50 bits per heavy atom. The lowest BCUT2D eigenvalue weighted by Gasteiger charge is -2.02. The lowest BCUT2D eigenvalue weighted by molar-refractivity contribution is 1.47. The second-order valence-electron chi connectivity index (χ2n) is 2.08. The number of nitrogens with one attached hydrogen (secondary N) is 2. The van der Waals surface area contributed by atoms with Gasteiger partial charge in [0.1, 0.15) is 0 Å². The summed E-state index contributed by atoms with van der Waals surface area (Å²) in [5, 5.41) is 6.12. The molecular weight excluding hydrogens is 124 g/mol. The summed E-state index contributed by atoms with van der Waals surface area (Å²) in [6.07, 6.45) is 0. The lowest BCUT2D eigenvalue weighted by atomic mass is 10.3. The van der Waals surface area contributed by atoms with Crippen LogP contribution in [0.15, 0.2) is 24.3 Å². The first-order valence-corrected chi connectivity index (χ1v) is 3.32. The minimum Gasteiger partial charge on any atom is -0.388 e. The Balaban J connectivity index is 2.87. The number of rotatable bonds is 2. The highest BCUT2D eigenvalue weighted by molar-refractivity contribution is 5.55. The third-order valence-electron chi connectivity index (χ3n) is 1.44. The molecular formula is C8H12N2. The molecule has 1 aromatic carbocycles. The zero-order valence-corrected chi connectivity index (χ0v) is 6.31. The summed E-state index contributed by atoms with van der Waals surface area (Å²) in [7, 11) is 3.82. The first-order valence-electron chi connectivity index (χ1n) is 3.32. The molecule has 0 spiro atoms. The smallest absolute Gasteiger partial charge is 0.0358 e. The first kappa shape index (κ1) is 6.93. The van der Waals surface area contributed by atoms with Crippen molar-refractivity contribution >= 4 is 11.4 Å². The minimum absolute atomic E-state index is 1.13. The molecule has 0 atom stereocenters. The van der Waals surface area contributed by atoms with Crippen LogP contribution < -0.4 is 10.6 Å². The largest absolute Gasteiger partial charge is 0.388 e. The van der Waals surface area contributed by atoms with Crippen molar-refractivity contribution in [2.24, 2.45) is 0 Å². The third-order valence-corrected chi connectivity index (χ3v) is 1.44. The molecule has 10 heavy (non-hydrogen) atoms. The van der Waals surface area contributed by atoms with Crippen LogP contribution in [-0.2, 0) is 0 Å². The fraction of sp³-hybridized carbons (Fsp3) is 0.250. The highest BCUT2D eigenvalue weighted by Crippen LogP contribution is 2.12. The van der Waals surface area contributed by atoms with Gasteiger partial charge in [0.05, 0.1) is 0 Å². The van der Waals surface area contributed by atoms with Gasteiger partial charge < -0.3 is 10.6 Å². The van der Waals surface area contributed by atoms with Crippen molar-refractivity contribution in [1.29, 1.82) is 0 Å². The van der Waals surface area contributed by atoms with E-state index in [1.807, 2.05) is 32.3 Å². The van der Waals surface area contributed by atoms with Crippen LogP contribution in [0.25, 0.3) is 0 Å². The van der Waals surface area contributed by atoms with Gasteiger partial charge in [0, 0.05) is 25.5 Å². The maximum absolute atomic E-state index is 3.06. The van der Waals surface area contributed by atoms with Gasteiger partial charge in [-0.25, -0.2) is 0 Å². The molecule has 0 unspecified atom stereocenters. The summed E-state index contributed by atoms with van der Waals surface area (Å²) in [4.78, 5) is 0. The Kier molecular flexibility index (Phi) is 2.15. The van der Waals surface area contributed by atoms with Crippen molar-refractivity contribution in [3.8, 4) is 0 Å². The molecule has 0 aliphatic carbocycles. The van der Waals surface area contributed by atoms with E-state index in [0.29, 0.717) is 0 Å². The van der Waals surface area contributed by atoms with E-state index in [-0.39, 0.29) is 0 Å². The van der Waals surface area contributed by atoms with Crippen molar-refractivity contribution < 1.29 is 0 Å². The molecule has 0 bridgehead atoms. The molecule has 0 aliphatic heterocycles. The van der Waals surface area contributed by atoms with Crippen LogP contribution in [0.1, 0.15) is 0 Å². The van der Waals surface area contributed by atoms with Crippen LogP contribution in [-0.4, -0.2) is 14.1 Å². The zero-order chi connectivity index (χ0) is 7.40. The topological polar surface area (TPSA) is 24.1 Å². The summed E-state index contributed by atoms with van der Waals surface area (Å²) in [6.45, 7) is 0. The number of benzene rings is 1. The fourth-order valence-corrected chi connectivity index (χ4v) is 0.830. The van der Waals surface area contributed by atoms with Crippen LogP contribution in [0.3, 0.4) is 0 Å². The molecule has 0 radical (unpaired) electrons. The van der Waals surface area contributed by atoms with E-state index in [4.69, 9.17) is 0 Å². The quantitative estimate of drug-likeness (QED) is 0.647. The maximum atomic E-state index is 3.06. The summed E-state index contributed by atoms with van der Waals surface area (Å²) in [5.74, 6) is 0. The van der Waals surface area contributed by atoms with E-state index >= 15 is 0 Å². The number of anilines is 2.